The summed E-state index contributed by atoms with van der Waals surface area (Å²) < 4.78 is 0. The van der Waals surface area contributed by atoms with Crippen LogP contribution in [-0.2, 0) is 0 Å². The third-order valence-corrected chi connectivity index (χ3v) is 3.96. The Bertz CT molecular complexity index is 387. The van der Waals surface area contributed by atoms with Crippen LogP contribution >= 0.6 is 11.8 Å². The highest BCUT2D eigenvalue weighted by molar-refractivity contribution is 8.00. The molecule has 0 bridgehead atoms. The standard InChI is InChI=1S/C11H19N5S/c1-7-5-16(6-8(2)17-7)10-4-9(13-3)14-11(12)15-10/h4,7-8H,5-6H2,1-3H3,(H3,12,13,14,15). The van der Waals surface area contributed by atoms with Crippen molar-refractivity contribution in [3.05, 3.63) is 6.07 Å². The van der Waals surface area contributed by atoms with Gasteiger partial charge in [0.25, 0.3) is 0 Å². The minimum Gasteiger partial charge on any atom is -0.373 e. The second kappa shape index (κ2) is 5.00. The van der Waals surface area contributed by atoms with E-state index in [1.54, 1.807) is 0 Å². The maximum Gasteiger partial charge on any atom is 0.223 e. The smallest absolute Gasteiger partial charge is 0.223 e. The van der Waals surface area contributed by atoms with Gasteiger partial charge in [0, 0.05) is 36.7 Å². The van der Waals surface area contributed by atoms with Crippen molar-refractivity contribution in [2.75, 3.05) is 36.1 Å². The Hall–Kier alpha value is -1.17. The third-order valence-electron chi connectivity index (χ3n) is 2.73. The molecule has 1 fully saturated rings. The summed E-state index contributed by atoms with van der Waals surface area (Å²) in [5.41, 5.74) is 5.72. The zero-order chi connectivity index (χ0) is 12.4. The highest BCUT2D eigenvalue weighted by Gasteiger charge is 2.23. The van der Waals surface area contributed by atoms with Crippen molar-refractivity contribution in [1.82, 2.24) is 9.97 Å². The molecule has 5 nitrogen and oxygen atoms in total. The Morgan fingerprint density at radius 1 is 1.35 bits per heavy atom. The molecule has 17 heavy (non-hydrogen) atoms. The monoisotopic (exact) mass is 253 g/mol. The van der Waals surface area contributed by atoms with E-state index in [4.69, 9.17) is 5.73 Å². The number of nitrogens with two attached hydrogens (primary N) is 1. The van der Waals surface area contributed by atoms with E-state index < -0.39 is 0 Å². The summed E-state index contributed by atoms with van der Waals surface area (Å²) in [5.74, 6) is 2.01. The first-order valence-corrected chi connectivity index (χ1v) is 6.75. The van der Waals surface area contributed by atoms with Gasteiger partial charge in [-0.2, -0.15) is 21.7 Å². The molecule has 1 aromatic heterocycles. The number of hydrogen-bond acceptors (Lipinski definition) is 6. The fourth-order valence-corrected chi connectivity index (χ4v) is 3.43. The van der Waals surface area contributed by atoms with Crippen LogP contribution in [0.25, 0.3) is 0 Å². The van der Waals surface area contributed by atoms with Gasteiger partial charge in [-0.1, -0.05) is 13.8 Å². The Balaban J connectivity index is 2.23. The van der Waals surface area contributed by atoms with Crippen molar-refractivity contribution in [1.29, 1.82) is 0 Å². The van der Waals surface area contributed by atoms with Crippen LogP contribution in [0.15, 0.2) is 6.07 Å². The van der Waals surface area contributed by atoms with Crippen LogP contribution in [0.3, 0.4) is 0 Å². The van der Waals surface area contributed by atoms with Crippen LogP contribution < -0.4 is 16.0 Å². The lowest BCUT2D eigenvalue weighted by Gasteiger charge is -2.35. The van der Waals surface area contributed by atoms with Crippen molar-refractivity contribution in [2.45, 2.75) is 24.3 Å². The average Bonchev–Trinajstić information content (AvgIpc) is 2.26. The predicted octanol–water partition coefficient (Wildman–Crippen LogP) is 1.43. The van der Waals surface area contributed by atoms with E-state index in [0.29, 0.717) is 16.4 Å². The normalized spacial score (nSPS) is 24.8. The first kappa shape index (κ1) is 12.3. The molecule has 2 heterocycles. The quantitative estimate of drug-likeness (QED) is 0.831. The molecule has 3 N–H and O–H groups in total. The number of nitrogens with zero attached hydrogens (tertiary/aromatic N) is 3. The predicted molar refractivity (Wildman–Crippen MR) is 74.7 cm³/mol. The maximum atomic E-state index is 5.72. The SMILES string of the molecule is CNc1cc(N2CC(C)SC(C)C2)nc(N)n1. The lowest BCUT2D eigenvalue weighted by atomic mass is 10.3. The lowest BCUT2D eigenvalue weighted by Crippen LogP contribution is -2.41. The minimum atomic E-state index is 0.324. The number of rotatable bonds is 2. The third kappa shape index (κ3) is 2.94. The summed E-state index contributed by atoms with van der Waals surface area (Å²) in [6.45, 7) is 6.51. The number of nitrogen functional groups attached to an aromatic ring is 1. The van der Waals surface area contributed by atoms with Crippen LogP contribution in [0.1, 0.15) is 13.8 Å². The van der Waals surface area contributed by atoms with Gasteiger partial charge < -0.3 is 16.0 Å². The van der Waals surface area contributed by atoms with Crippen LogP contribution in [0.4, 0.5) is 17.6 Å². The Morgan fingerprint density at radius 2 is 2.00 bits per heavy atom. The summed E-state index contributed by atoms with van der Waals surface area (Å²) in [5, 5.41) is 4.24. The van der Waals surface area contributed by atoms with Gasteiger partial charge in [0.2, 0.25) is 5.95 Å². The molecule has 1 aromatic rings. The van der Waals surface area contributed by atoms with E-state index in [1.165, 1.54) is 0 Å². The summed E-state index contributed by atoms with van der Waals surface area (Å²) in [6, 6.07) is 1.95. The summed E-state index contributed by atoms with van der Waals surface area (Å²) in [6.07, 6.45) is 0. The van der Waals surface area contributed by atoms with Crippen molar-refractivity contribution in [3.63, 3.8) is 0 Å². The van der Waals surface area contributed by atoms with Crippen LogP contribution in [-0.4, -0.2) is 40.6 Å². The molecule has 0 aliphatic carbocycles. The second-order valence-corrected chi connectivity index (χ2v) is 6.26. The van der Waals surface area contributed by atoms with E-state index in [0.717, 1.165) is 24.7 Å². The fourth-order valence-electron chi connectivity index (χ4n) is 2.11. The zero-order valence-corrected chi connectivity index (χ0v) is 11.3. The zero-order valence-electron chi connectivity index (χ0n) is 10.5. The summed E-state index contributed by atoms with van der Waals surface area (Å²) in [7, 11) is 1.84. The number of hydrogen-bond donors (Lipinski definition) is 2. The largest absolute Gasteiger partial charge is 0.373 e. The molecule has 0 radical (unpaired) electrons. The molecule has 1 aliphatic heterocycles. The van der Waals surface area contributed by atoms with Crippen LogP contribution in [0, 0.1) is 0 Å². The van der Waals surface area contributed by atoms with Gasteiger partial charge in [-0.3, -0.25) is 0 Å². The van der Waals surface area contributed by atoms with Crippen molar-refractivity contribution in [2.24, 2.45) is 0 Å². The number of nitrogens with one attached hydrogen (secondary N) is 1. The van der Waals surface area contributed by atoms with Gasteiger partial charge in [0.15, 0.2) is 0 Å². The molecule has 1 aliphatic rings. The van der Waals surface area contributed by atoms with Gasteiger partial charge in [0.05, 0.1) is 0 Å². The number of aromatic nitrogens is 2. The molecule has 6 heteroatoms. The fraction of sp³-hybridized carbons (Fsp3) is 0.636. The highest BCUT2D eigenvalue weighted by atomic mass is 32.2. The first-order valence-electron chi connectivity index (χ1n) is 5.81. The van der Waals surface area contributed by atoms with Crippen LogP contribution in [0.2, 0.25) is 0 Å². The molecule has 2 atom stereocenters. The molecule has 2 rings (SSSR count). The van der Waals surface area contributed by atoms with Crippen LogP contribution in [0.5, 0.6) is 0 Å². The van der Waals surface area contributed by atoms with Gasteiger partial charge in [0.1, 0.15) is 11.6 Å². The molecule has 1 saturated heterocycles. The van der Waals surface area contributed by atoms with Gasteiger partial charge >= 0.3 is 0 Å². The molecule has 0 amide bonds. The lowest BCUT2D eigenvalue weighted by molar-refractivity contribution is 0.718. The molecular weight excluding hydrogens is 234 g/mol. The summed E-state index contributed by atoms with van der Waals surface area (Å²) >= 11 is 2.02. The molecule has 94 valence electrons. The topological polar surface area (TPSA) is 67.1 Å². The van der Waals surface area contributed by atoms with E-state index in [9.17, 15) is 0 Å². The van der Waals surface area contributed by atoms with E-state index in [-0.39, 0.29) is 0 Å². The van der Waals surface area contributed by atoms with E-state index in [1.807, 2.05) is 24.9 Å². The van der Waals surface area contributed by atoms with Gasteiger partial charge in [-0.25, -0.2) is 0 Å². The molecular formula is C11H19N5S. The van der Waals surface area contributed by atoms with E-state index in [2.05, 4.69) is 34.0 Å². The molecule has 0 saturated carbocycles. The highest BCUT2D eigenvalue weighted by Crippen LogP contribution is 2.28. The molecule has 2 unspecified atom stereocenters. The minimum absolute atomic E-state index is 0.324. The van der Waals surface area contributed by atoms with E-state index >= 15 is 0 Å². The second-order valence-electron chi connectivity index (χ2n) is 4.38. The van der Waals surface area contributed by atoms with Crippen molar-refractivity contribution < 1.29 is 0 Å². The maximum absolute atomic E-state index is 5.72. The number of thioether (sulfide) groups is 1. The van der Waals surface area contributed by atoms with Crippen molar-refractivity contribution in [3.8, 4) is 0 Å². The Kier molecular flexibility index (Phi) is 3.61. The first-order chi connectivity index (χ1) is 8.08. The average molecular weight is 253 g/mol. The molecule has 0 aromatic carbocycles. The summed E-state index contributed by atoms with van der Waals surface area (Å²) in [4.78, 5) is 10.7. The Labute approximate surface area is 106 Å². The number of anilines is 3. The van der Waals surface area contributed by atoms with Crippen molar-refractivity contribution >= 4 is 29.3 Å². The Morgan fingerprint density at radius 3 is 2.59 bits per heavy atom. The molecule has 0 spiro atoms. The van der Waals surface area contributed by atoms with Gasteiger partial charge in [-0.15, -0.1) is 0 Å². The van der Waals surface area contributed by atoms with Gasteiger partial charge in [-0.05, 0) is 0 Å².